The Morgan fingerprint density at radius 3 is 2.88 bits per heavy atom. The van der Waals surface area contributed by atoms with Crippen molar-refractivity contribution in [1.29, 1.82) is 0 Å². The fraction of sp³-hybridized carbons (Fsp3) is 0.700. The average Bonchev–Trinajstić information content (AvgIpc) is 2.95. The van der Waals surface area contributed by atoms with Gasteiger partial charge in [0, 0.05) is 31.1 Å². The van der Waals surface area contributed by atoms with Crippen LogP contribution in [0.2, 0.25) is 0 Å². The van der Waals surface area contributed by atoms with Gasteiger partial charge in [-0.2, -0.15) is 13.2 Å². The lowest BCUT2D eigenvalue weighted by atomic mass is 10.4. The minimum absolute atomic E-state index is 0.00168. The van der Waals surface area contributed by atoms with Crippen molar-refractivity contribution in [3.05, 3.63) is 18.2 Å². The molecule has 2 rings (SSSR count). The summed E-state index contributed by atoms with van der Waals surface area (Å²) in [5.74, 6) is 0.0232. The van der Waals surface area contributed by atoms with Crippen molar-refractivity contribution < 1.29 is 13.2 Å². The topological polar surface area (TPSA) is 29.9 Å². The molecule has 17 heavy (non-hydrogen) atoms. The summed E-state index contributed by atoms with van der Waals surface area (Å²) in [6, 6.07) is 0.612. The van der Waals surface area contributed by atoms with Crippen LogP contribution >= 0.6 is 11.8 Å². The zero-order chi connectivity index (χ0) is 12.3. The molecule has 0 saturated heterocycles. The van der Waals surface area contributed by atoms with Gasteiger partial charge in [0.25, 0.3) is 0 Å². The van der Waals surface area contributed by atoms with E-state index < -0.39 is 5.51 Å². The normalized spacial score (nSPS) is 16.4. The number of imidazole rings is 1. The Morgan fingerprint density at radius 2 is 2.24 bits per heavy atom. The minimum atomic E-state index is -4.14. The molecule has 0 bridgehead atoms. The van der Waals surface area contributed by atoms with E-state index in [4.69, 9.17) is 0 Å². The van der Waals surface area contributed by atoms with Gasteiger partial charge in [0.15, 0.2) is 0 Å². The third kappa shape index (κ3) is 4.99. The smallest absolute Gasteiger partial charge is 0.336 e. The van der Waals surface area contributed by atoms with Crippen LogP contribution in [0.4, 0.5) is 13.2 Å². The number of halogens is 3. The quantitative estimate of drug-likeness (QED) is 0.856. The number of thioether (sulfide) groups is 1. The van der Waals surface area contributed by atoms with Crippen LogP contribution in [0.15, 0.2) is 12.5 Å². The number of rotatable bonds is 6. The van der Waals surface area contributed by atoms with E-state index in [-0.39, 0.29) is 17.5 Å². The third-order valence-corrected chi connectivity index (χ3v) is 3.17. The van der Waals surface area contributed by atoms with E-state index >= 15 is 0 Å². The van der Waals surface area contributed by atoms with E-state index in [0.29, 0.717) is 19.1 Å². The van der Waals surface area contributed by atoms with Gasteiger partial charge >= 0.3 is 5.51 Å². The van der Waals surface area contributed by atoms with Crippen molar-refractivity contribution in [2.24, 2.45) is 0 Å². The molecule has 0 radical (unpaired) electrons. The highest BCUT2D eigenvalue weighted by molar-refractivity contribution is 8.00. The molecule has 0 aliphatic heterocycles. The SMILES string of the molecule is FC(F)(F)SCCn1cnc(CNC2CC2)c1. The number of aromatic nitrogens is 2. The lowest BCUT2D eigenvalue weighted by molar-refractivity contribution is -0.0328. The zero-order valence-corrected chi connectivity index (χ0v) is 10.0. The van der Waals surface area contributed by atoms with Gasteiger partial charge in [0.05, 0.1) is 12.0 Å². The number of hydrogen-bond donors (Lipinski definition) is 1. The first-order valence-electron chi connectivity index (χ1n) is 5.48. The Kier molecular flexibility index (Phi) is 3.98. The fourth-order valence-corrected chi connectivity index (χ4v) is 1.96. The van der Waals surface area contributed by atoms with E-state index in [2.05, 4.69) is 10.3 Å². The summed E-state index contributed by atoms with van der Waals surface area (Å²) in [4.78, 5) is 4.14. The largest absolute Gasteiger partial charge is 0.441 e. The molecule has 0 amide bonds. The molecule has 1 saturated carbocycles. The summed E-state index contributed by atoms with van der Waals surface area (Å²) in [6.45, 7) is 1.03. The number of hydrogen-bond acceptors (Lipinski definition) is 3. The lowest BCUT2D eigenvalue weighted by Gasteiger charge is -2.05. The second kappa shape index (κ2) is 5.30. The highest BCUT2D eigenvalue weighted by Crippen LogP contribution is 2.29. The summed E-state index contributed by atoms with van der Waals surface area (Å²) in [5, 5.41) is 3.31. The summed E-state index contributed by atoms with van der Waals surface area (Å²) in [7, 11) is 0. The number of nitrogens with zero attached hydrogens (tertiary/aromatic N) is 2. The van der Waals surface area contributed by atoms with Crippen LogP contribution in [0.1, 0.15) is 18.5 Å². The molecule has 1 fully saturated rings. The summed E-state index contributed by atoms with van der Waals surface area (Å²) < 4.78 is 37.4. The molecule has 1 aromatic heterocycles. The standard InChI is InChI=1S/C10H14F3N3S/c11-10(12,13)17-4-3-16-6-9(15-7-16)5-14-8-1-2-8/h6-8,14H,1-5H2. The van der Waals surface area contributed by atoms with Crippen LogP contribution in [0.3, 0.4) is 0 Å². The predicted octanol–water partition coefficient (Wildman–Crippen LogP) is 2.39. The van der Waals surface area contributed by atoms with Crippen molar-refractivity contribution in [3.63, 3.8) is 0 Å². The molecular weight excluding hydrogens is 251 g/mol. The molecule has 3 nitrogen and oxygen atoms in total. The second-order valence-electron chi connectivity index (χ2n) is 4.05. The lowest BCUT2D eigenvalue weighted by Crippen LogP contribution is -2.15. The predicted molar refractivity (Wildman–Crippen MR) is 60.6 cm³/mol. The molecule has 96 valence electrons. The zero-order valence-electron chi connectivity index (χ0n) is 9.20. The number of aryl methyl sites for hydroxylation is 1. The first kappa shape index (κ1) is 12.8. The van der Waals surface area contributed by atoms with Gasteiger partial charge in [0.2, 0.25) is 0 Å². The maximum atomic E-state index is 11.9. The first-order chi connectivity index (χ1) is 8.03. The molecular formula is C10H14F3N3S. The Labute approximate surface area is 102 Å². The van der Waals surface area contributed by atoms with Crippen molar-refractivity contribution in [3.8, 4) is 0 Å². The van der Waals surface area contributed by atoms with Gasteiger partial charge in [-0.3, -0.25) is 0 Å². The van der Waals surface area contributed by atoms with E-state index in [1.165, 1.54) is 12.8 Å². The van der Waals surface area contributed by atoms with Gasteiger partial charge in [0.1, 0.15) is 0 Å². The molecule has 1 aliphatic carbocycles. The van der Waals surface area contributed by atoms with Crippen LogP contribution in [-0.2, 0) is 13.1 Å². The Hall–Kier alpha value is -0.690. The van der Waals surface area contributed by atoms with Crippen molar-refractivity contribution in [2.75, 3.05) is 5.75 Å². The highest BCUT2D eigenvalue weighted by atomic mass is 32.2. The molecule has 1 heterocycles. The van der Waals surface area contributed by atoms with E-state index in [9.17, 15) is 13.2 Å². The van der Waals surface area contributed by atoms with Gasteiger partial charge in [-0.1, -0.05) is 0 Å². The highest BCUT2D eigenvalue weighted by Gasteiger charge is 2.27. The van der Waals surface area contributed by atoms with Crippen molar-refractivity contribution >= 4 is 11.8 Å². The third-order valence-electron chi connectivity index (χ3n) is 2.45. The van der Waals surface area contributed by atoms with Crippen molar-refractivity contribution in [1.82, 2.24) is 14.9 Å². The molecule has 1 N–H and O–H groups in total. The van der Waals surface area contributed by atoms with Crippen LogP contribution in [-0.4, -0.2) is 26.9 Å². The molecule has 0 aromatic carbocycles. The van der Waals surface area contributed by atoms with E-state index in [1.807, 2.05) is 0 Å². The van der Waals surface area contributed by atoms with Gasteiger partial charge in [-0.05, 0) is 24.6 Å². The van der Waals surface area contributed by atoms with Gasteiger partial charge < -0.3 is 9.88 Å². The Bertz CT molecular complexity index is 360. The summed E-state index contributed by atoms with van der Waals surface area (Å²) in [5.41, 5.74) is -3.26. The molecule has 1 aliphatic rings. The molecule has 7 heteroatoms. The fourth-order valence-electron chi connectivity index (χ4n) is 1.42. The minimum Gasteiger partial charge on any atom is -0.336 e. The Balaban J connectivity index is 1.69. The van der Waals surface area contributed by atoms with Crippen LogP contribution in [0.25, 0.3) is 0 Å². The maximum absolute atomic E-state index is 11.9. The van der Waals surface area contributed by atoms with E-state index in [0.717, 1.165) is 5.69 Å². The summed E-state index contributed by atoms with van der Waals surface area (Å²) in [6.07, 6.45) is 5.80. The Morgan fingerprint density at radius 1 is 1.47 bits per heavy atom. The average molecular weight is 265 g/mol. The molecule has 1 aromatic rings. The number of alkyl halides is 3. The van der Waals surface area contributed by atoms with Crippen LogP contribution in [0.5, 0.6) is 0 Å². The molecule has 0 spiro atoms. The van der Waals surface area contributed by atoms with Crippen LogP contribution < -0.4 is 5.32 Å². The first-order valence-corrected chi connectivity index (χ1v) is 6.46. The summed E-state index contributed by atoms with van der Waals surface area (Å²) >= 11 is 0.00168. The van der Waals surface area contributed by atoms with Crippen molar-refractivity contribution in [2.45, 2.75) is 37.5 Å². The maximum Gasteiger partial charge on any atom is 0.441 e. The second-order valence-corrected chi connectivity index (χ2v) is 5.21. The number of nitrogens with one attached hydrogen (secondary N) is 1. The monoisotopic (exact) mass is 265 g/mol. The van der Waals surface area contributed by atoms with Gasteiger partial charge in [-0.15, -0.1) is 0 Å². The van der Waals surface area contributed by atoms with E-state index in [1.54, 1.807) is 17.1 Å². The van der Waals surface area contributed by atoms with Gasteiger partial charge in [-0.25, -0.2) is 4.98 Å². The molecule has 0 unspecified atom stereocenters. The van der Waals surface area contributed by atoms with Crippen LogP contribution in [0, 0.1) is 0 Å². The molecule has 0 atom stereocenters.